The number of aromatic nitrogens is 4. The zero-order valence-corrected chi connectivity index (χ0v) is 17.0. The Morgan fingerprint density at radius 2 is 1.93 bits per heavy atom. The minimum absolute atomic E-state index is 0.177. The number of benzene rings is 2. The summed E-state index contributed by atoms with van der Waals surface area (Å²) in [6.07, 6.45) is 2.81. The van der Waals surface area contributed by atoms with Crippen molar-refractivity contribution in [1.82, 2.24) is 19.3 Å². The van der Waals surface area contributed by atoms with E-state index in [1.54, 1.807) is 28.9 Å². The summed E-state index contributed by atoms with van der Waals surface area (Å²) in [5.74, 6) is 0.176. The fourth-order valence-corrected chi connectivity index (χ4v) is 3.19. The van der Waals surface area contributed by atoms with Crippen LogP contribution in [-0.2, 0) is 11.3 Å². The monoisotopic (exact) mass is 453 g/mol. The number of hydrogen-bond acceptors (Lipinski definition) is 5. The second-order valence-electron chi connectivity index (χ2n) is 6.20. The lowest BCUT2D eigenvalue weighted by atomic mass is 10.3. The van der Waals surface area contributed by atoms with Crippen LogP contribution in [0.2, 0.25) is 0 Å². The van der Waals surface area contributed by atoms with Gasteiger partial charge in [-0.1, -0.05) is 28.1 Å². The molecule has 0 unspecified atom stereocenters. The van der Waals surface area contributed by atoms with Gasteiger partial charge in [-0.3, -0.25) is 14.2 Å². The lowest BCUT2D eigenvalue weighted by molar-refractivity contribution is -0.116. The summed E-state index contributed by atoms with van der Waals surface area (Å²) >= 11 is 3.39. The van der Waals surface area contributed by atoms with Crippen LogP contribution in [0.15, 0.2) is 70.3 Å². The van der Waals surface area contributed by atoms with Crippen molar-refractivity contribution in [1.29, 1.82) is 0 Å². The van der Waals surface area contributed by atoms with Gasteiger partial charge in [0.25, 0.3) is 5.56 Å². The van der Waals surface area contributed by atoms with E-state index in [0.717, 1.165) is 10.2 Å². The van der Waals surface area contributed by atoms with Crippen LogP contribution in [0.1, 0.15) is 0 Å². The fourth-order valence-electron chi connectivity index (χ4n) is 2.92. The number of anilines is 1. The van der Waals surface area contributed by atoms with Crippen molar-refractivity contribution < 1.29 is 9.53 Å². The van der Waals surface area contributed by atoms with Gasteiger partial charge in [0.05, 0.1) is 24.7 Å². The van der Waals surface area contributed by atoms with Crippen LogP contribution in [0.4, 0.5) is 5.69 Å². The molecule has 8 nitrogen and oxygen atoms in total. The zero-order chi connectivity index (χ0) is 20.4. The first-order chi connectivity index (χ1) is 14.1. The molecule has 29 heavy (non-hydrogen) atoms. The van der Waals surface area contributed by atoms with Crippen molar-refractivity contribution in [3.8, 4) is 11.4 Å². The normalized spacial score (nSPS) is 10.8. The summed E-state index contributed by atoms with van der Waals surface area (Å²) in [7, 11) is 1.52. The molecular formula is C20H16BrN5O3. The number of nitrogens with zero attached hydrogens (tertiary/aromatic N) is 4. The third-order valence-corrected chi connectivity index (χ3v) is 4.85. The number of halogens is 1. The molecule has 0 saturated carbocycles. The van der Waals surface area contributed by atoms with E-state index in [0.29, 0.717) is 22.5 Å². The maximum atomic E-state index is 12.8. The highest BCUT2D eigenvalue weighted by atomic mass is 79.9. The van der Waals surface area contributed by atoms with Gasteiger partial charge in [0.2, 0.25) is 5.91 Å². The molecule has 0 saturated heterocycles. The number of para-hydroxylation sites is 2. The molecule has 0 aliphatic carbocycles. The zero-order valence-electron chi connectivity index (χ0n) is 15.4. The van der Waals surface area contributed by atoms with Crippen molar-refractivity contribution >= 4 is 38.6 Å². The topological polar surface area (TPSA) is 91.0 Å². The molecule has 4 rings (SSSR count). The van der Waals surface area contributed by atoms with E-state index in [4.69, 9.17) is 4.74 Å². The molecule has 1 amide bonds. The highest BCUT2D eigenvalue weighted by Gasteiger charge is 2.14. The van der Waals surface area contributed by atoms with Crippen LogP contribution < -0.4 is 15.6 Å². The second kappa shape index (κ2) is 7.88. The molecule has 0 aliphatic rings. The number of nitrogens with one attached hydrogen (secondary N) is 1. The largest absolute Gasteiger partial charge is 0.495 e. The lowest BCUT2D eigenvalue weighted by Gasteiger charge is -2.10. The third-order valence-electron chi connectivity index (χ3n) is 4.32. The predicted molar refractivity (Wildman–Crippen MR) is 112 cm³/mol. The number of carbonyl (C=O) groups is 1. The van der Waals surface area contributed by atoms with E-state index in [1.165, 1.54) is 24.2 Å². The molecular weight excluding hydrogens is 438 g/mol. The van der Waals surface area contributed by atoms with Crippen LogP contribution >= 0.6 is 15.9 Å². The first kappa shape index (κ1) is 18.9. The van der Waals surface area contributed by atoms with Gasteiger partial charge >= 0.3 is 0 Å². The molecule has 0 spiro atoms. The molecule has 2 aromatic heterocycles. The molecule has 0 fully saturated rings. The smallest absolute Gasteiger partial charge is 0.264 e. The van der Waals surface area contributed by atoms with Gasteiger partial charge in [-0.05, 0) is 36.4 Å². The maximum absolute atomic E-state index is 12.8. The van der Waals surface area contributed by atoms with Crippen LogP contribution in [-0.4, -0.2) is 32.3 Å². The molecule has 2 heterocycles. The number of ether oxygens (including phenoxy) is 1. The Balaban J connectivity index is 1.60. The molecule has 0 bridgehead atoms. The van der Waals surface area contributed by atoms with Crippen LogP contribution in [0, 0.1) is 0 Å². The summed E-state index contributed by atoms with van der Waals surface area (Å²) in [6.45, 7) is -0.177. The predicted octanol–water partition coefficient (Wildman–Crippen LogP) is 2.99. The number of methoxy groups -OCH3 is 1. The van der Waals surface area contributed by atoms with Gasteiger partial charge in [0.1, 0.15) is 24.0 Å². The Labute approximate surface area is 173 Å². The Hall–Kier alpha value is -3.46. The highest BCUT2D eigenvalue weighted by Crippen LogP contribution is 2.23. The number of hydrogen-bond donors (Lipinski definition) is 1. The van der Waals surface area contributed by atoms with Crippen LogP contribution in [0.25, 0.3) is 16.7 Å². The van der Waals surface area contributed by atoms with E-state index >= 15 is 0 Å². The summed E-state index contributed by atoms with van der Waals surface area (Å²) in [5, 5.41) is 7.35. The first-order valence-corrected chi connectivity index (χ1v) is 9.48. The van der Waals surface area contributed by atoms with E-state index in [9.17, 15) is 9.59 Å². The molecule has 146 valence electrons. The van der Waals surface area contributed by atoms with Crippen molar-refractivity contribution in [3.63, 3.8) is 0 Å². The van der Waals surface area contributed by atoms with Gasteiger partial charge in [-0.15, -0.1) is 0 Å². The number of rotatable bonds is 5. The summed E-state index contributed by atoms with van der Waals surface area (Å²) in [6, 6.07) is 14.6. The lowest BCUT2D eigenvalue weighted by Crippen LogP contribution is -2.28. The molecule has 2 aromatic carbocycles. The van der Waals surface area contributed by atoms with E-state index in [2.05, 4.69) is 31.3 Å². The Morgan fingerprint density at radius 3 is 2.69 bits per heavy atom. The minimum Gasteiger partial charge on any atom is -0.495 e. The first-order valence-electron chi connectivity index (χ1n) is 8.69. The summed E-state index contributed by atoms with van der Waals surface area (Å²) in [4.78, 5) is 29.6. The van der Waals surface area contributed by atoms with Crippen molar-refractivity contribution in [2.75, 3.05) is 12.4 Å². The highest BCUT2D eigenvalue weighted by molar-refractivity contribution is 9.10. The van der Waals surface area contributed by atoms with Gasteiger partial charge in [0, 0.05) is 4.47 Å². The Morgan fingerprint density at radius 1 is 1.17 bits per heavy atom. The number of carbonyl (C=O) groups excluding carboxylic acids is 1. The summed E-state index contributed by atoms with van der Waals surface area (Å²) in [5.41, 5.74) is 1.40. The average Bonchev–Trinajstić information content (AvgIpc) is 3.16. The third kappa shape index (κ3) is 3.77. The van der Waals surface area contributed by atoms with Crippen molar-refractivity contribution in [2.45, 2.75) is 6.54 Å². The average molecular weight is 454 g/mol. The summed E-state index contributed by atoms with van der Waals surface area (Å²) < 4.78 is 9.00. The molecule has 9 heteroatoms. The Kier molecular flexibility index (Phi) is 5.13. The standard InChI is InChI=1S/C20H16BrN5O3/c1-29-17-5-3-2-4-16(17)24-18(27)11-25-12-22-19-15(20(25)28)10-23-26(19)14-8-6-13(21)7-9-14/h2-10,12H,11H2,1H3,(H,24,27). The van der Waals surface area contributed by atoms with E-state index in [1.807, 2.05) is 24.3 Å². The fraction of sp³-hybridized carbons (Fsp3) is 0.100. The molecule has 0 radical (unpaired) electrons. The van der Waals surface area contributed by atoms with Gasteiger partial charge < -0.3 is 10.1 Å². The molecule has 0 atom stereocenters. The SMILES string of the molecule is COc1ccccc1NC(=O)Cn1cnc2c(cnn2-c2ccc(Br)cc2)c1=O. The van der Waals surface area contributed by atoms with Crippen molar-refractivity contribution in [3.05, 3.63) is 75.9 Å². The van der Waals surface area contributed by atoms with Crippen LogP contribution in [0.5, 0.6) is 5.75 Å². The minimum atomic E-state index is -0.363. The van der Waals surface area contributed by atoms with Crippen molar-refractivity contribution in [2.24, 2.45) is 0 Å². The number of amides is 1. The quantitative estimate of drug-likeness (QED) is 0.501. The number of fused-ring (bicyclic) bond motifs is 1. The maximum Gasteiger partial charge on any atom is 0.264 e. The molecule has 0 aliphatic heterocycles. The van der Waals surface area contributed by atoms with E-state index < -0.39 is 0 Å². The Bertz CT molecular complexity index is 1250. The molecule has 4 aromatic rings. The second-order valence-corrected chi connectivity index (χ2v) is 7.11. The molecule has 1 N–H and O–H groups in total. The van der Waals surface area contributed by atoms with E-state index in [-0.39, 0.29) is 18.0 Å². The van der Waals surface area contributed by atoms with Gasteiger partial charge in [0.15, 0.2) is 5.65 Å². The van der Waals surface area contributed by atoms with Gasteiger partial charge in [-0.2, -0.15) is 5.10 Å². The van der Waals surface area contributed by atoms with Gasteiger partial charge in [-0.25, -0.2) is 9.67 Å². The van der Waals surface area contributed by atoms with Crippen LogP contribution in [0.3, 0.4) is 0 Å².